The number of hydrogen-bond acceptors (Lipinski definition) is 7. The van der Waals surface area contributed by atoms with Crippen molar-refractivity contribution in [3.05, 3.63) is 35.3 Å². The molecule has 3 atom stereocenters. The maximum absolute atomic E-state index is 13.3. The Morgan fingerprint density at radius 3 is 2.71 bits per heavy atom. The Morgan fingerprint density at radius 2 is 2.00 bits per heavy atom. The second-order valence-corrected chi connectivity index (χ2v) is 7.65. The first-order valence-corrected chi connectivity index (χ1v) is 9.80. The number of likely N-dealkylation sites (N-methyl/N-ethyl adjacent to an activating group) is 1. The quantitative estimate of drug-likeness (QED) is 0.696. The van der Waals surface area contributed by atoms with Gasteiger partial charge in [-0.15, -0.1) is 0 Å². The van der Waals surface area contributed by atoms with E-state index in [1.54, 1.807) is 25.8 Å². The lowest BCUT2D eigenvalue weighted by molar-refractivity contribution is -0.117. The minimum Gasteiger partial charge on any atom is -0.491 e. The first-order valence-electron chi connectivity index (χ1n) is 9.80. The SMILES string of the molecule is Cc1nc(N[C@@H]2CO[C@H](COc3cc(F)c(F)c(F)c3)C2)nc2c1NC(=O)[C@H](C)N2C. The smallest absolute Gasteiger partial charge is 0.246 e. The molecule has 2 N–H and O–H groups in total. The minimum atomic E-state index is -1.53. The van der Waals surface area contributed by atoms with Crippen molar-refractivity contribution in [3.63, 3.8) is 0 Å². The molecule has 0 spiro atoms. The van der Waals surface area contributed by atoms with Gasteiger partial charge in [0.1, 0.15) is 24.1 Å². The van der Waals surface area contributed by atoms with Crippen molar-refractivity contribution < 1.29 is 27.4 Å². The standard InChI is InChI=1S/C20H22F3N5O3/c1-9-17-18(28(3)10(2)19(29)26-17)27-20(24-9)25-11-4-13(30-7-11)8-31-12-5-14(21)16(23)15(22)6-12/h5-6,10-11,13H,4,7-8H2,1-3H3,(H,26,29)(H,24,25,27)/t10-,11-,13-/m0/s1. The van der Waals surface area contributed by atoms with Crippen molar-refractivity contribution in [1.29, 1.82) is 0 Å². The van der Waals surface area contributed by atoms with Crippen LogP contribution in [0.4, 0.5) is 30.6 Å². The molecule has 0 radical (unpaired) electrons. The van der Waals surface area contributed by atoms with E-state index in [0.29, 0.717) is 36.2 Å². The Balaban J connectivity index is 1.37. The van der Waals surface area contributed by atoms with Gasteiger partial charge in [-0.25, -0.2) is 18.2 Å². The number of carbonyl (C=O) groups excluding carboxylic acids is 1. The fraction of sp³-hybridized carbons (Fsp3) is 0.450. The highest BCUT2D eigenvalue weighted by Crippen LogP contribution is 2.32. The topological polar surface area (TPSA) is 88.6 Å². The van der Waals surface area contributed by atoms with Crippen molar-refractivity contribution in [2.45, 2.75) is 38.5 Å². The molecule has 8 nitrogen and oxygen atoms in total. The van der Waals surface area contributed by atoms with Crippen molar-refractivity contribution in [2.75, 3.05) is 35.8 Å². The van der Waals surface area contributed by atoms with E-state index >= 15 is 0 Å². The van der Waals surface area contributed by atoms with Crippen molar-refractivity contribution in [3.8, 4) is 5.75 Å². The molecular weight excluding hydrogens is 415 g/mol. The van der Waals surface area contributed by atoms with E-state index in [0.717, 1.165) is 12.1 Å². The van der Waals surface area contributed by atoms with Crippen LogP contribution >= 0.6 is 0 Å². The van der Waals surface area contributed by atoms with Crippen LogP contribution in [-0.4, -0.2) is 54.3 Å². The molecule has 2 aliphatic heterocycles. The largest absolute Gasteiger partial charge is 0.491 e. The van der Waals surface area contributed by atoms with Crippen molar-refractivity contribution in [1.82, 2.24) is 9.97 Å². The summed E-state index contributed by atoms with van der Waals surface area (Å²) in [5.74, 6) is -3.34. The van der Waals surface area contributed by atoms with Crippen LogP contribution in [0.25, 0.3) is 0 Å². The molecule has 31 heavy (non-hydrogen) atoms. The van der Waals surface area contributed by atoms with Crippen LogP contribution < -0.4 is 20.3 Å². The van der Waals surface area contributed by atoms with E-state index < -0.39 is 17.5 Å². The first kappa shape index (κ1) is 21.2. The highest BCUT2D eigenvalue weighted by atomic mass is 19.2. The van der Waals surface area contributed by atoms with Gasteiger partial charge < -0.3 is 25.0 Å². The van der Waals surface area contributed by atoms with Gasteiger partial charge in [0.15, 0.2) is 23.3 Å². The summed E-state index contributed by atoms with van der Waals surface area (Å²) in [6, 6.07) is 1.13. The number of anilines is 3. The summed E-state index contributed by atoms with van der Waals surface area (Å²) in [6.45, 7) is 4.00. The molecule has 1 aromatic heterocycles. The molecule has 1 saturated heterocycles. The van der Waals surface area contributed by atoms with Crippen LogP contribution in [0, 0.1) is 24.4 Å². The molecule has 11 heteroatoms. The van der Waals surface area contributed by atoms with Gasteiger partial charge in [-0.3, -0.25) is 4.79 Å². The number of fused-ring (bicyclic) bond motifs is 1. The van der Waals surface area contributed by atoms with Gasteiger partial charge in [0.05, 0.1) is 24.4 Å². The number of benzene rings is 1. The number of hydrogen-bond donors (Lipinski definition) is 2. The number of rotatable bonds is 5. The van der Waals surface area contributed by atoms with Crippen LogP contribution in [0.2, 0.25) is 0 Å². The monoisotopic (exact) mass is 437 g/mol. The molecule has 1 fully saturated rings. The number of halogens is 3. The van der Waals surface area contributed by atoms with E-state index in [-0.39, 0.29) is 36.5 Å². The molecule has 0 saturated carbocycles. The van der Waals surface area contributed by atoms with Crippen LogP contribution in [0.5, 0.6) is 5.75 Å². The van der Waals surface area contributed by atoms with Crippen LogP contribution in [0.3, 0.4) is 0 Å². The maximum Gasteiger partial charge on any atom is 0.246 e. The van der Waals surface area contributed by atoms with Crippen LogP contribution in [0.1, 0.15) is 19.0 Å². The molecule has 166 valence electrons. The minimum absolute atomic E-state index is 0.0546. The van der Waals surface area contributed by atoms with E-state index in [2.05, 4.69) is 20.6 Å². The van der Waals surface area contributed by atoms with Gasteiger partial charge >= 0.3 is 0 Å². The summed E-state index contributed by atoms with van der Waals surface area (Å²) in [4.78, 5) is 22.8. The Bertz CT molecular complexity index is 999. The highest BCUT2D eigenvalue weighted by Gasteiger charge is 2.31. The van der Waals surface area contributed by atoms with Crippen molar-refractivity contribution >= 4 is 23.4 Å². The second kappa shape index (κ2) is 8.22. The molecule has 0 aliphatic carbocycles. The molecule has 1 aromatic carbocycles. The number of amides is 1. The van der Waals surface area contributed by atoms with Gasteiger partial charge in [0.2, 0.25) is 11.9 Å². The lowest BCUT2D eigenvalue weighted by Gasteiger charge is -2.32. The summed E-state index contributed by atoms with van der Waals surface area (Å²) >= 11 is 0. The number of aromatic nitrogens is 2. The third kappa shape index (κ3) is 4.22. The predicted octanol–water partition coefficient (Wildman–Crippen LogP) is 2.63. The van der Waals surface area contributed by atoms with Gasteiger partial charge in [0, 0.05) is 19.2 Å². The van der Waals surface area contributed by atoms with Gasteiger partial charge in [-0.2, -0.15) is 4.98 Å². The molecule has 0 bridgehead atoms. The average molecular weight is 437 g/mol. The average Bonchev–Trinajstić information content (AvgIpc) is 3.17. The Labute approximate surface area is 176 Å². The molecule has 2 aromatic rings. The van der Waals surface area contributed by atoms with Crippen molar-refractivity contribution in [2.24, 2.45) is 0 Å². The zero-order valence-corrected chi connectivity index (χ0v) is 17.2. The van der Waals surface area contributed by atoms with Crippen LogP contribution in [0.15, 0.2) is 12.1 Å². The number of nitrogens with one attached hydrogen (secondary N) is 2. The first-order chi connectivity index (χ1) is 14.7. The van der Waals surface area contributed by atoms with E-state index in [4.69, 9.17) is 9.47 Å². The lowest BCUT2D eigenvalue weighted by Crippen LogP contribution is -2.45. The van der Waals surface area contributed by atoms with E-state index in [1.807, 2.05) is 0 Å². The normalized spacial score (nSPS) is 22.8. The summed E-state index contributed by atoms with van der Waals surface area (Å²) < 4.78 is 50.6. The number of carbonyl (C=O) groups is 1. The molecule has 3 heterocycles. The Morgan fingerprint density at radius 1 is 1.29 bits per heavy atom. The zero-order chi connectivity index (χ0) is 22.3. The lowest BCUT2D eigenvalue weighted by atomic mass is 10.1. The van der Waals surface area contributed by atoms with Gasteiger partial charge in [0.25, 0.3) is 0 Å². The third-order valence-electron chi connectivity index (χ3n) is 5.42. The predicted molar refractivity (Wildman–Crippen MR) is 107 cm³/mol. The van der Waals surface area contributed by atoms with E-state index in [9.17, 15) is 18.0 Å². The third-order valence-corrected chi connectivity index (χ3v) is 5.42. The summed E-state index contributed by atoms with van der Waals surface area (Å²) in [7, 11) is 1.80. The van der Waals surface area contributed by atoms with E-state index in [1.165, 1.54) is 0 Å². The van der Waals surface area contributed by atoms with Gasteiger partial charge in [-0.1, -0.05) is 0 Å². The molecule has 0 unspecified atom stereocenters. The summed E-state index contributed by atoms with van der Waals surface area (Å²) in [5.41, 5.74) is 1.22. The Kier molecular flexibility index (Phi) is 5.61. The van der Waals surface area contributed by atoms with Gasteiger partial charge in [-0.05, 0) is 20.3 Å². The molecule has 1 amide bonds. The number of nitrogens with zero attached hydrogens (tertiary/aromatic N) is 3. The fourth-order valence-electron chi connectivity index (χ4n) is 3.52. The number of aryl methyl sites for hydroxylation is 1. The fourth-order valence-corrected chi connectivity index (χ4v) is 3.52. The molecule has 2 aliphatic rings. The highest BCUT2D eigenvalue weighted by molar-refractivity contribution is 6.03. The maximum atomic E-state index is 13.3. The molecule has 4 rings (SSSR count). The zero-order valence-electron chi connectivity index (χ0n) is 17.2. The summed E-state index contributed by atoms with van der Waals surface area (Å²) in [5, 5.41) is 6.05. The molecular formula is C20H22F3N5O3. The Hall–Kier alpha value is -3.08. The summed E-state index contributed by atoms with van der Waals surface area (Å²) in [6.07, 6.45) is 0.226. The van der Waals surface area contributed by atoms with Crippen LogP contribution in [-0.2, 0) is 9.53 Å². The second-order valence-electron chi connectivity index (χ2n) is 7.65. The number of ether oxygens (including phenoxy) is 2.